The predicted molar refractivity (Wildman–Crippen MR) is 79.7 cm³/mol. The van der Waals surface area contributed by atoms with Crippen molar-refractivity contribution in [1.29, 1.82) is 0 Å². The highest BCUT2D eigenvalue weighted by Gasteiger charge is 2.28. The molecule has 1 fully saturated rings. The van der Waals surface area contributed by atoms with Gasteiger partial charge in [-0.3, -0.25) is 14.3 Å². The molecule has 21 heavy (non-hydrogen) atoms. The van der Waals surface area contributed by atoms with Crippen molar-refractivity contribution in [2.75, 3.05) is 31.9 Å². The van der Waals surface area contributed by atoms with E-state index in [1.807, 2.05) is 18.7 Å². The molecule has 0 aromatic carbocycles. The minimum Gasteiger partial charge on any atom is -0.395 e. The number of aromatic nitrogens is 2. The largest absolute Gasteiger partial charge is 0.395 e. The van der Waals surface area contributed by atoms with Gasteiger partial charge in [0.15, 0.2) is 0 Å². The molecular weight excluding hydrogens is 270 g/mol. The quantitative estimate of drug-likeness (QED) is 0.847. The zero-order valence-corrected chi connectivity index (χ0v) is 13.1. The lowest BCUT2D eigenvalue weighted by molar-refractivity contribution is -0.135. The zero-order valence-electron chi connectivity index (χ0n) is 13.1. The molecule has 0 aliphatic carbocycles. The Kier molecular flexibility index (Phi) is 4.20. The number of anilines is 1. The summed E-state index contributed by atoms with van der Waals surface area (Å²) in [6.45, 7) is 7.75. The lowest BCUT2D eigenvalue weighted by Crippen LogP contribution is -2.51. The van der Waals surface area contributed by atoms with Gasteiger partial charge in [0.1, 0.15) is 5.69 Å². The Morgan fingerprint density at radius 1 is 1.14 bits per heavy atom. The number of nitrogen functional groups attached to an aromatic ring is 1. The first-order valence-electron chi connectivity index (χ1n) is 7.20. The molecular formula is C14H23N5O2. The van der Waals surface area contributed by atoms with Crippen molar-refractivity contribution in [1.82, 2.24) is 19.6 Å². The van der Waals surface area contributed by atoms with Crippen molar-refractivity contribution in [2.24, 2.45) is 13.0 Å². The van der Waals surface area contributed by atoms with Gasteiger partial charge in [-0.15, -0.1) is 0 Å². The molecule has 0 atom stereocenters. The van der Waals surface area contributed by atoms with E-state index in [0.29, 0.717) is 43.3 Å². The van der Waals surface area contributed by atoms with E-state index in [4.69, 9.17) is 5.73 Å². The summed E-state index contributed by atoms with van der Waals surface area (Å²) in [4.78, 5) is 28.0. The van der Waals surface area contributed by atoms with Crippen molar-refractivity contribution < 1.29 is 9.59 Å². The minimum atomic E-state index is -0.118. The molecule has 2 N–H and O–H groups in total. The van der Waals surface area contributed by atoms with Crippen LogP contribution in [0.1, 0.15) is 30.0 Å². The topological polar surface area (TPSA) is 84.5 Å². The second kappa shape index (κ2) is 5.75. The highest BCUT2D eigenvalue weighted by molar-refractivity contribution is 5.98. The van der Waals surface area contributed by atoms with Crippen LogP contribution in [-0.2, 0) is 11.8 Å². The molecule has 2 amide bonds. The molecule has 1 aromatic rings. The van der Waals surface area contributed by atoms with Crippen molar-refractivity contribution >= 4 is 17.5 Å². The molecule has 2 heterocycles. The molecule has 0 unspecified atom stereocenters. The lowest BCUT2D eigenvalue weighted by Gasteiger charge is -2.35. The fourth-order valence-electron chi connectivity index (χ4n) is 2.57. The number of hydrogen-bond donors (Lipinski definition) is 1. The fraction of sp³-hybridized carbons (Fsp3) is 0.643. The van der Waals surface area contributed by atoms with Gasteiger partial charge in [0, 0.05) is 39.1 Å². The number of hydrogen-bond acceptors (Lipinski definition) is 4. The molecule has 1 aliphatic heterocycles. The van der Waals surface area contributed by atoms with Gasteiger partial charge in [0.25, 0.3) is 5.91 Å². The Morgan fingerprint density at radius 3 is 2.10 bits per heavy atom. The number of nitrogens with zero attached hydrogens (tertiary/aromatic N) is 4. The molecule has 1 saturated heterocycles. The highest BCUT2D eigenvalue weighted by atomic mass is 16.2. The summed E-state index contributed by atoms with van der Waals surface area (Å²) in [6, 6.07) is 0. The minimum absolute atomic E-state index is 0.0115. The third-order valence-corrected chi connectivity index (χ3v) is 3.84. The van der Waals surface area contributed by atoms with E-state index < -0.39 is 0 Å². The van der Waals surface area contributed by atoms with Gasteiger partial charge >= 0.3 is 0 Å². The predicted octanol–water partition coefficient (Wildman–Crippen LogP) is 0.251. The van der Waals surface area contributed by atoms with E-state index in [-0.39, 0.29) is 17.7 Å². The summed E-state index contributed by atoms with van der Waals surface area (Å²) >= 11 is 0. The van der Waals surface area contributed by atoms with Crippen molar-refractivity contribution in [2.45, 2.75) is 20.8 Å². The van der Waals surface area contributed by atoms with Crippen LogP contribution in [-0.4, -0.2) is 57.6 Å². The maximum atomic E-state index is 12.5. The molecule has 0 radical (unpaired) electrons. The summed E-state index contributed by atoms with van der Waals surface area (Å²) in [5.41, 5.74) is 7.45. The SMILES string of the molecule is Cc1nn(C)c(C(=O)N2CCN(C(=O)C(C)C)CC2)c1N. The molecule has 116 valence electrons. The first kappa shape index (κ1) is 15.3. The summed E-state index contributed by atoms with van der Waals surface area (Å²) in [7, 11) is 1.72. The van der Waals surface area contributed by atoms with Crippen LogP contribution in [0.2, 0.25) is 0 Å². The second-order valence-electron chi connectivity index (χ2n) is 5.74. The molecule has 7 nitrogen and oxygen atoms in total. The normalized spacial score (nSPS) is 15.7. The van der Waals surface area contributed by atoms with Crippen molar-refractivity contribution in [3.8, 4) is 0 Å². The number of carbonyl (C=O) groups excluding carboxylic acids is 2. The van der Waals surface area contributed by atoms with E-state index in [9.17, 15) is 9.59 Å². The first-order valence-corrected chi connectivity index (χ1v) is 7.20. The first-order chi connectivity index (χ1) is 9.82. The molecule has 1 aromatic heterocycles. The number of carbonyl (C=O) groups is 2. The average Bonchev–Trinajstić information content (AvgIpc) is 2.70. The fourth-order valence-corrected chi connectivity index (χ4v) is 2.57. The zero-order chi connectivity index (χ0) is 15.7. The van der Waals surface area contributed by atoms with Crippen LogP contribution in [0.25, 0.3) is 0 Å². The van der Waals surface area contributed by atoms with Crippen molar-refractivity contribution in [3.63, 3.8) is 0 Å². The van der Waals surface area contributed by atoms with E-state index >= 15 is 0 Å². The summed E-state index contributed by atoms with van der Waals surface area (Å²) in [6.07, 6.45) is 0. The molecule has 2 rings (SSSR count). The third kappa shape index (κ3) is 2.86. The Balaban J connectivity index is 2.05. The monoisotopic (exact) mass is 293 g/mol. The van der Waals surface area contributed by atoms with Gasteiger partial charge in [0.2, 0.25) is 5.91 Å². The van der Waals surface area contributed by atoms with Gasteiger partial charge in [0.05, 0.1) is 11.4 Å². The van der Waals surface area contributed by atoms with E-state index in [0.717, 1.165) is 0 Å². The number of aryl methyl sites for hydroxylation is 2. The Labute approximate surface area is 124 Å². The maximum absolute atomic E-state index is 12.5. The summed E-state index contributed by atoms with van der Waals surface area (Å²) in [5, 5.41) is 4.17. The van der Waals surface area contributed by atoms with E-state index in [1.54, 1.807) is 18.9 Å². The molecule has 0 spiro atoms. The van der Waals surface area contributed by atoms with Crippen LogP contribution >= 0.6 is 0 Å². The smallest absolute Gasteiger partial charge is 0.274 e. The van der Waals surface area contributed by atoms with Gasteiger partial charge in [-0.1, -0.05) is 13.8 Å². The molecule has 7 heteroatoms. The highest BCUT2D eigenvalue weighted by Crippen LogP contribution is 2.18. The number of rotatable bonds is 2. The Bertz CT molecular complexity index is 556. The van der Waals surface area contributed by atoms with Crippen LogP contribution < -0.4 is 5.73 Å². The number of nitrogens with two attached hydrogens (primary N) is 1. The van der Waals surface area contributed by atoms with Gasteiger partial charge in [-0.2, -0.15) is 5.10 Å². The number of amides is 2. The standard InChI is InChI=1S/C14H23N5O2/c1-9(2)13(20)18-5-7-19(8-6-18)14(21)12-11(15)10(3)16-17(12)4/h9H,5-8,15H2,1-4H3. The van der Waals surface area contributed by atoms with Crippen LogP contribution in [0.5, 0.6) is 0 Å². The molecule has 0 bridgehead atoms. The van der Waals surface area contributed by atoms with Crippen LogP contribution in [0.3, 0.4) is 0 Å². The van der Waals surface area contributed by atoms with Crippen LogP contribution in [0.4, 0.5) is 5.69 Å². The Morgan fingerprint density at radius 2 is 1.67 bits per heavy atom. The molecule has 0 saturated carbocycles. The summed E-state index contributed by atoms with van der Waals surface area (Å²) in [5.74, 6) is 0.00727. The number of piperazine rings is 1. The Hall–Kier alpha value is -2.05. The summed E-state index contributed by atoms with van der Waals surface area (Å²) < 4.78 is 1.53. The van der Waals surface area contributed by atoms with Gasteiger partial charge < -0.3 is 15.5 Å². The van der Waals surface area contributed by atoms with E-state index in [1.165, 1.54) is 4.68 Å². The third-order valence-electron chi connectivity index (χ3n) is 3.84. The average molecular weight is 293 g/mol. The van der Waals surface area contributed by atoms with Crippen LogP contribution in [0, 0.1) is 12.8 Å². The lowest BCUT2D eigenvalue weighted by atomic mass is 10.1. The van der Waals surface area contributed by atoms with Crippen LogP contribution in [0.15, 0.2) is 0 Å². The van der Waals surface area contributed by atoms with Gasteiger partial charge in [-0.25, -0.2) is 0 Å². The molecule has 1 aliphatic rings. The second-order valence-corrected chi connectivity index (χ2v) is 5.74. The maximum Gasteiger partial charge on any atom is 0.274 e. The van der Waals surface area contributed by atoms with E-state index in [2.05, 4.69) is 5.10 Å². The van der Waals surface area contributed by atoms with Gasteiger partial charge in [-0.05, 0) is 6.92 Å². The van der Waals surface area contributed by atoms with Crippen molar-refractivity contribution in [3.05, 3.63) is 11.4 Å².